The van der Waals surface area contributed by atoms with Crippen LogP contribution >= 0.6 is 0 Å². The molecule has 0 spiro atoms. The molecule has 2 N–H and O–H groups in total. The second-order valence-corrected chi connectivity index (χ2v) is 8.46. The first kappa shape index (κ1) is 21.4. The second-order valence-electron chi connectivity index (χ2n) is 8.46. The summed E-state index contributed by atoms with van der Waals surface area (Å²) in [6.07, 6.45) is -0.435. The van der Waals surface area contributed by atoms with E-state index in [4.69, 9.17) is 4.74 Å². The fourth-order valence-corrected chi connectivity index (χ4v) is 4.18. The van der Waals surface area contributed by atoms with Crippen LogP contribution in [-0.2, 0) is 9.53 Å². The van der Waals surface area contributed by atoms with E-state index in [1.54, 1.807) is 20.8 Å². The van der Waals surface area contributed by atoms with E-state index >= 15 is 0 Å². The standard InChI is InChI=1S/C24H26N2O4/c1-15(12-24(2,3)14-25)21(22(27)28)26-23(29)30-13-20-18-10-6-4-8-16(18)17-9-5-7-11-19(17)20/h4-11,15,20-21H,12-13H2,1-3H3,(H,26,29)(H,27,28). The summed E-state index contributed by atoms with van der Waals surface area (Å²) in [4.78, 5) is 24.1. The Morgan fingerprint density at radius 3 is 2.17 bits per heavy atom. The van der Waals surface area contributed by atoms with Gasteiger partial charge in [-0.15, -0.1) is 0 Å². The molecule has 30 heavy (non-hydrogen) atoms. The quantitative estimate of drug-likeness (QED) is 0.702. The first-order valence-electron chi connectivity index (χ1n) is 9.99. The first-order valence-corrected chi connectivity index (χ1v) is 9.99. The lowest BCUT2D eigenvalue weighted by Gasteiger charge is -2.26. The Bertz CT molecular complexity index is 947. The van der Waals surface area contributed by atoms with Gasteiger partial charge in [-0.1, -0.05) is 55.5 Å². The highest BCUT2D eigenvalue weighted by Crippen LogP contribution is 2.44. The fraction of sp³-hybridized carbons (Fsp3) is 0.375. The number of rotatable bonds is 7. The van der Waals surface area contributed by atoms with Crippen molar-refractivity contribution >= 4 is 12.1 Å². The molecule has 0 radical (unpaired) electrons. The van der Waals surface area contributed by atoms with Gasteiger partial charge in [-0.25, -0.2) is 9.59 Å². The molecule has 2 atom stereocenters. The van der Waals surface area contributed by atoms with Gasteiger partial charge in [0.1, 0.15) is 12.6 Å². The van der Waals surface area contributed by atoms with E-state index in [1.807, 2.05) is 48.5 Å². The maximum absolute atomic E-state index is 12.4. The minimum Gasteiger partial charge on any atom is -0.480 e. The summed E-state index contributed by atoms with van der Waals surface area (Å²) < 4.78 is 5.45. The second kappa shape index (κ2) is 8.58. The van der Waals surface area contributed by atoms with Crippen molar-refractivity contribution in [3.05, 3.63) is 59.7 Å². The number of benzene rings is 2. The van der Waals surface area contributed by atoms with E-state index in [2.05, 4.69) is 11.4 Å². The maximum atomic E-state index is 12.4. The molecule has 0 aromatic heterocycles. The van der Waals surface area contributed by atoms with Crippen molar-refractivity contribution in [3.63, 3.8) is 0 Å². The number of alkyl carbamates (subject to hydrolysis) is 1. The van der Waals surface area contributed by atoms with Crippen LogP contribution in [0.15, 0.2) is 48.5 Å². The van der Waals surface area contributed by atoms with Crippen molar-refractivity contribution in [2.75, 3.05) is 6.61 Å². The number of amides is 1. The van der Waals surface area contributed by atoms with Crippen LogP contribution in [0.3, 0.4) is 0 Å². The molecule has 0 saturated heterocycles. The van der Waals surface area contributed by atoms with Crippen molar-refractivity contribution in [1.82, 2.24) is 5.32 Å². The zero-order valence-corrected chi connectivity index (χ0v) is 17.4. The summed E-state index contributed by atoms with van der Waals surface area (Å²) in [7, 11) is 0. The number of carbonyl (C=O) groups excluding carboxylic acids is 1. The van der Waals surface area contributed by atoms with Gasteiger partial charge in [0, 0.05) is 5.92 Å². The van der Waals surface area contributed by atoms with Crippen LogP contribution in [0, 0.1) is 22.7 Å². The van der Waals surface area contributed by atoms with Gasteiger partial charge in [-0.3, -0.25) is 0 Å². The Balaban J connectivity index is 1.68. The number of nitrogens with zero attached hydrogens (tertiary/aromatic N) is 1. The molecular formula is C24H26N2O4. The molecule has 0 aliphatic heterocycles. The largest absolute Gasteiger partial charge is 0.480 e. The normalized spacial score (nSPS) is 14.7. The third kappa shape index (κ3) is 4.46. The number of hydrogen-bond acceptors (Lipinski definition) is 4. The molecule has 1 aliphatic rings. The van der Waals surface area contributed by atoms with E-state index in [0.717, 1.165) is 22.3 Å². The Morgan fingerprint density at radius 2 is 1.67 bits per heavy atom. The van der Waals surface area contributed by atoms with E-state index in [9.17, 15) is 20.0 Å². The Hall–Kier alpha value is -3.33. The Kier molecular flexibility index (Phi) is 6.12. The summed E-state index contributed by atoms with van der Waals surface area (Å²) >= 11 is 0. The molecule has 6 heteroatoms. The van der Waals surface area contributed by atoms with Crippen molar-refractivity contribution in [2.24, 2.45) is 11.3 Å². The van der Waals surface area contributed by atoms with Crippen LogP contribution in [0.25, 0.3) is 11.1 Å². The number of nitriles is 1. The molecule has 0 bridgehead atoms. The third-order valence-electron chi connectivity index (χ3n) is 5.59. The van der Waals surface area contributed by atoms with Crippen LogP contribution in [-0.4, -0.2) is 29.8 Å². The minimum absolute atomic E-state index is 0.0960. The summed E-state index contributed by atoms with van der Waals surface area (Å²) in [5.41, 5.74) is 3.74. The highest BCUT2D eigenvalue weighted by molar-refractivity contribution is 5.81. The van der Waals surface area contributed by atoms with Crippen LogP contribution in [0.5, 0.6) is 0 Å². The fourth-order valence-electron chi connectivity index (χ4n) is 4.18. The summed E-state index contributed by atoms with van der Waals surface area (Å²) in [6.45, 7) is 5.32. The van der Waals surface area contributed by atoms with Gasteiger partial charge >= 0.3 is 12.1 Å². The van der Waals surface area contributed by atoms with Gasteiger partial charge in [0.15, 0.2) is 0 Å². The van der Waals surface area contributed by atoms with Crippen LogP contribution in [0.4, 0.5) is 4.79 Å². The van der Waals surface area contributed by atoms with E-state index < -0.39 is 29.4 Å². The molecular weight excluding hydrogens is 380 g/mol. The zero-order chi connectivity index (χ0) is 21.9. The van der Waals surface area contributed by atoms with Crippen molar-refractivity contribution in [3.8, 4) is 17.2 Å². The average Bonchev–Trinajstić information content (AvgIpc) is 3.03. The molecule has 2 unspecified atom stereocenters. The van der Waals surface area contributed by atoms with Crippen molar-refractivity contribution < 1.29 is 19.4 Å². The van der Waals surface area contributed by atoms with E-state index in [-0.39, 0.29) is 12.5 Å². The van der Waals surface area contributed by atoms with Gasteiger partial charge in [0.2, 0.25) is 0 Å². The SMILES string of the molecule is CC(CC(C)(C)C#N)C(NC(=O)OCC1c2ccccc2-c2ccccc21)C(=O)O. The number of ether oxygens (including phenoxy) is 1. The zero-order valence-electron chi connectivity index (χ0n) is 17.4. The number of carboxylic acid groups (broad SMARTS) is 1. The number of carboxylic acids is 1. The van der Waals surface area contributed by atoms with Crippen molar-refractivity contribution in [2.45, 2.75) is 39.2 Å². The molecule has 0 heterocycles. The predicted molar refractivity (Wildman–Crippen MR) is 113 cm³/mol. The molecule has 6 nitrogen and oxygen atoms in total. The van der Waals surface area contributed by atoms with Crippen LogP contribution in [0.2, 0.25) is 0 Å². The van der Waals surface area contributed by atoms with E-state index in [0.29, 0.717) is 6.42 Å². The first-order chi connectivity index (χ1) is 14.2. The topological polar surface area (TPSA) is 99.4 Å². The maximum Gasteiger partial charge on any atom is 0.407 e. The smallest absolute Gasteiger partial charge is 0.407 e. The van der Waals surface area contributed by atoms with Gasteiger partial charge in [-0.2, -0.15) is 5.26 Å². The monoisotopic (exact) mass is 406 g/mol. The average molecular weight is 406 g/mol. The molecule has 2 aromatic rings. The molecule has 156 valence electrons. The van der Waals surface area contributed by atoms with Gasteiger partial charge in [-0.05, 0) is 48.4 Å². The molecule has 1 amide bonds. The number of nitrogens with one attached hydrogen (secondary N) is 1. The predicted octanol–water partition coefficient (Wildman–Crippen LogP) is 4.55. The molecule has 2 aromatic carbocycles. The van der Waals surface area contributed by atoms with Gasteiger partial charge < -0.3 is 15.2 Å². The van der Waals surface area contributed by atoms with Crippen LogP contribution in [0.1, 0.15) is 44.2 Å². The Labute approximate surface area is 176 Å². The highest BCUT2D eigenvalue weighted by Gasteiger charge is 2.33. The lowest BCUT2D eigenvalue weighted by molar-refractivity contribution is -0.140. The highest BCUT2D eigenvalue weighted by atomic mass is 16.5. The van der Waals surface area contributed by atoms with Crippen molar-refractivity contribution in [1.29, 1.82) is 5.26 Å². The van der Waals surface area contributed by atoms with E-state index in [1.165, 1.54) is 0 Å². The molecule has 0 saturated carbocycles. The Morgan fingerprint density at radius 1 is 1.13 bits per heavy atom. The lowest BCUT2D eigenvalue weighted by atomic mass is 9.82. The van der Waals surface area contributed by atoms with Gasteiger partial charge in [0.05, 0.1) is 11.5 Å². The number of fused-ring (bicyclic) bond motifs is 3. The lowest BCUT2D eigenvalue weighted by Crippen LogP contribution is -2.46. The number of aliphatic carboxylic acids is 1. The summed E-state index contributed by atoms with van der Waals surface area (Å²) in [5.74, 6) is -1.68. The van der Waals surface area contributed by atoms with Gasteiger partial charge in [0.25, 0.3) is 0 Å². The molecule has 0 fully saturated rings. The molecule has 1 aliphatic carbocycles. The molecule has 3 rings (SSSR count). The summed E-state index contributed by atoms with van der Waals surface area (Å²) in [5, 5.41) is 21.2. The van der Waals surface area contributed by atoms with Crippen LogP contribution < -0.4 is 5.32 Å². The minimum atomic E-state index is -1.15. The third-order valence-corrected chi connectivity index (χ3v) is 5.59. The summed E-state index contributed by atoms with van der Waals surface area (Å²) in [6, 6.07) is 17.0. The number of carbonyl (C=O) groups is 2. The number of hydrogen-bond donors (Lipinski definition) is 2.